The molecule has 1 N–H and O–H groups in total. The molecular weight excluding hydrogens is 200 g/mol. The fourth-order valence-electron chi connectivity index (χ4n) is 1.36. The number of methoxy groups -OCH3 is 1. The lowest BCUT2D eigenvalue weighted by Gasteiger charge is -2.14. The molecule has 1 aromatic rings. The van der Waals surface area contributed by atoms with E-state index in [1.807, 2.05) is 26.0 Å². The van der Waals surface area contributed by atoms with Gasteiger partial charge in [0, 0.05) is 17.5 Å². The van der Waals surface area contributed by atoms with Crippen LogP contribution in [-0.2, 0) is 0 Å². The van der Waals surface area contributed by atoms with Gasteiger partial charge in [0.15, 0.2) is 0 Å². The summed E-state index contributed by atoms with van der Waals surface area (Å²) in [6.07, 6.45) is 0. The summed E-state index contributed by atoms with van der Waals surface area (Å²) in [7, 11) is 1.63. The number of hydrogen-bond acceptors (Lipinski definition) is 2. The van der Waals surface area contributed by atoms with Gasteiger partial charge in [-0.15, -0.1) is 0 Å². The SMILES string of the molecule is COc1cc(C(C)CO)c(Cl)cc1C. The van der Waals surface area contributed by atoms with E-state index < -0.39 is 0 Å². The highest BCUT2D eigenvalue weighted by Crippen LogP contribution is 2.31. The minimum atomic E-state index is 0.0389. The molecule has 1 aromatic carbocycles. The zero-order chi connectivity index (χ0) is 10.7. The monoisotopic (exact) mass is 214 g/mol. The van der Waals surface area contributed by atoms with E-state index in [0.717, 1.165) is 16.9 Å². The Kier molecular flexibility index (Phi) is 3.78. The fraction of sp³-hybridized carbons (Fsp3) is 0.455. The molecule has 1 unspecified atom stereocenters. The van der Waals surface area contributed by atoms with E-state index >= 15 is 0 Å². The predicted octanol–water partition coefficient (Wildman–Crippen LogP) is 2.75. The third kappa shape index (κ3) is 2.20. The van der Waals surface area contributed by atoms with Gasteiger partial charge < -0.3 is 9.84 Å². The minimum Gasteiger partial charge on any atom is -0.496 e. The molecule has 1 atom stereocenters. The van der Waals surface area contributed by atoms with Crippen molar-refractivity contribution < 1.29 is 9.84 Å². The van der Waals surface area contributed by atoms with Gasteiger partial charge in [0.25, 0.3) is 0 Å². The second-order valence-electron chi connectivity index (χ2n) is 3.43. The number of halogens is 1. The number of aliphatic hydroxyl groups excluding tert-OH is 1. The standard InChI is InChI=1S/C11H15ClO2/c1-7-4-10(12)9(8(2)6-13)5-11(7)14-3/h4-5,8,13H,6H2,1-3H3. The van der Waals surface area contributed by atoms with Gasteiger partial charge in [0.2, 0.25) is 0 Å². The first-order chi connectivity index (χ1) is 6.60. The smallest absolute Gasteiger partial charge is 0.122 e. The van der Waals surface area contributed by atoms with Crippen LogP contribution in [0.5, 0.6) is 5.75 Å². The van der Waals surface area contributed by atoms with Crippen LogP contribution >= 0.6 is 11.6 Å². The lowest BCUT2D eigenvalue weighted by atomic mass is 10.00. The molecule has 0 amide bonds. The summed E-state index contributed by atoms with van der Waals surface area (Å²) in [6, 6.07) is 3.75. The Labute approximate surface area is 89.5 Å². The Bertz CT molecular complexity index is 323. The van der Waals surface area contributed by atoms with Crippen molar-refractivity contribution in [3.05, 3.63) is 28.3 Å². The van der Waals surface area contributed by atoms with Crippen molar-refractivity contribution in [3.63, 3.8) is 0 Å². The molecule has 0 saturated carbocycles. The molecule has 78 valence electrons. The molecule has 0 aliphatic carbocycles. The third-order valence-corrected chi connectivity index (χ3v) is 2.65. The first-order valence-corrected chi connectivity index (χ1v) is 4.92. The van der Waals surface area contributed by atoms with Crippen LogP contribution < -0.4 is 4.74 Å². The minimum absolute atomic E-state index is 0.0389. The number of rotatable bonds is 3. The molecule has 0 aliphatic heterocycles. The van der Waals surface area contributed by atoms with Gasteiger partial charge in [0.1, 0.15) is 5.75 Å². The molecule has 0 aliphatic rings. The molecule has 0 saturated heterocycles. The molecule has 0 aromatic heterocycles. The highest BCUT2D eigenvalue weighted by molar-refractivity contribution is 6.31. The Morgan fingerprint density at radius 2 is 2.14 bits per heavy atom. The van der Waals surface area contributed by atoms with Crippen LogP contribution in [0.4, 0.5) is 0 Å². The van der Waals surface area contributed by atoms with E-state index in [9.17, 15) is 0 Å². The molecule has 0 fully saturated rings. The first kappa shape index (κ1) is 11.3. The zero-order valence-corrected chi connectivity index (χ0v) is 9.43. The van der Waals surface area contributed by atoms with Crippen LogP contribution in [0.15, 0.2) is 12.1 Å². The number of hydrogen-bond donors (Lipinski definition) is 1. The summed E-state index contributed by atoms with van der Waals surface area (Å²) < 4.78 is 5.20. The van der Waals surface area contributed by atoms with Gasteiger partial charge in [0.05, 0.1) is 7.11 Å². The number of aliphatic hydroxyl groups is 1. The van der Waals surface area contributed by atoms with Gasteiger partial charge in [-0.25, -0.2) is 0 Å². The van der Waals surface area contributed by atoms with Crippen LogP contribution in [0, 0.1) is 6.92 Å². The van der Waals surface area contributed by atoms with Crippen molar-refractivity contribution >= 4 is 11.6 Å². The molecule has 2 nitrogen and oxygen atoms in total. The topological polar surface area (TPSA) is 29.5 Å². The van der Waals surface area contributed by atoms with E-state index in [-0.39, 0.29) is 12.5 Å². The quantitative estimate of drug-likeness (QED) is 0.839. The third-order valence-electron chi connectivity index (χ3n) is 2.32. The normalized spacial score (nSPS) is 12.6. The van der Waals surface area contributed by atoms with Gasteiger partial charge in [-0.2, -0.15) is 0 Å². The second kappa shape index (κ2) is 4.67. The summed E-state index contributed by atoms with van der Waals surface area (Å²) in [6.45, 7) is 3.96. The average molecular weight is 215 g/mol. The van der Waals surface area contributed by atoms with E-state index in [1.54, 1.807) is 7.11 Å². The Hall–Kier alpha value is -0.730. The molecule has 0 spiro atoms. The molecular formula is C11H15ClO2. The lowest BCUT2D eigenvalue weighted by Crippen LogP contribution is -2.01. The van der Waals surface area contributed by atoms with Crippen molar-refractivity contribution in [2.45, 2.75) is 19.8 Å². The maximum Gasteiger partial charge on any atom is 0.122 e. The Morgan fingerprint density at radius 1 is 1.50 bits per heavy atom. The first-order valence-electron chi connectivity index (χ1n) is 4.55. The average Bonchev–Trinajstić information content (AvgIpc) is 2.17. The van der Waals surface area contributed by atoms with Crippen molar-refractivity contribution in [2.75, 3.05) is 13.7 Å². The molecule has 3 heteroatoms. The van der Waals surface area contributed by atoms with Gasteiger partial charge in [-0.05, 0) is 30.2 Å². The molecule has 0 heterocycles. The second-order valence-corrected chi connectivity index (χ2v) is 3.83. The molecule has 14 heavy (non-hydrogen) atoms. The molecule has 0 radical (unpaired) electrons. The van der Waals surface area contributed by atoms with Crippen molar-refractivity contribution in [1.29, 1.82) is 0 Å². The van der Waals surface area contributed by atoms with Crippen LogP contribution in [0.25, 0.3) is 0 Å². The van der Waals surface area contributed by atoms with Gasteiger partial charge in [-0.3, -0.25) is 0 Å². The van der Waals surface area contributed by atoms with E-state index in [1.165, 1.54) is 0 Å². The van der Waals surface area contributed by atoms with E-state index in [2.05, 4.69) is 0 Å². The van der Waals surface area contributed by atoms with Crippen molar-refractivity contribution in [1.82, 2.24) is 0 Å². The Balaban J connectivity index is 3.17. The summed E-state index contributed by atoms with van der Waals surface area (Å²) >= 11 is 6.07. The van der Waals surface area contributed by atoms with Crippen LogP contribution in [0.2, 0.25) is 5.02 Å². The summed E-state index contributed by atoms with van der Waals surface area (Å²) in [5.41, 5.74) is 1.93. The number of aryl methyl sites for hydroxylation is 1. The van der Waals surface area contributed by atoms with Crippen LogP contribution in [-0.4, -0.2) is 18.8 Å². The van der Waals surface area contributed by atoms with E-state index in [4.69, 9.17) is 21.4 Å². The zero-order valence-electron chi connectivity index (χ0n) is 8.67. The lowest BCUT2D eigenvalue weighted by molar-refractivity contribution is 0.273. The van der Waals surface area contributed by atoms with Crippen LogP contribution in [0.1, 0.15) is 24.0 Å². The van der Waals surface area contributed by atoms with E-state index in [0.29, 0.717) is 5.02 Å². The van der Waals surface area contributed by atoms with Crippen molar-refractivity contribution in [3.8, 4) is 5.75 Å². The maximum absolute atomic E-state index is 9.05. The summed E-state index contributed by atoms with van der Waals surface area (Å²) in [5, 5.41) is 9.73. The van der Waals surface area contributed by atoms with Crippen LogP contribution in [0.3, 0.4) is 0 Å². The van der Waals surface area contributed by atoms with Gasteiger partial charge in [-0.1, -0.05) is 18.5 Å². The molecule has 1 rings (SSSR count). The highest BCUT2D eigenvalue weighted by atomic mass is 35.5. The predicted molar refractivity (Wildman–Crippen MR) is 58.2 cm³/mol. The Morgan fingerprint density at radius 3 is 2.64 bits per heavy atom. The number of ether oxygens (including phenoxy) is 1. The van der Waals surface area contributed by atoms with Gasteiger partial charge >= 0.3 is 0 Å². The molecule has 0 bridgehead atoms. The largest absolute Gasteiger partial charge is 0.496 e. The van der Waals surface area contributed by atoms with Crippen molar-refractivity contribution in [2.24, 2.45) is 0 Å². The highest BCUT2D eigenvalue weighted by Gasteiger charge is 2.11. The fourth-order valence-corrected chi connectivity index (χ4v) is 1.77. The maximum atomic E-state index is 9.05. The summed E-state index contributed by atoms with van der Waals surface area (Å²) in [5.74, 6) is 0.849. The number of benzene rings is 1. The summed E-state index contributed by atoms with van der Waals surface area (Å²) in [4.78, 5) is 0.